The minimum atomic E-state index is 0.0194. The Morgan fingerprint density at radius 2 is 1.74 bits per heavy atom. The smallest absolute Gasteiger partial charge is 0.298 e. The van der Waals surface area contributed by atoms with Crippen LogP contribution in [0.5, 0.6) is 16.7 Å². The lowest BCUT2D eigenvalue weighted by Gasteiger charge is -2.34. The number of hydrogen-bond donors (Lipinski definition) is 0. The summed E-state index contributed by atoms with van der Waals surface area (Å²) in [5.74, 6) is 2.08. The lowest BCUT2D eigenvalue weighted by atomic mass is 10.1. The Hall–Kier alpha value is -4.01. The third kappa shape index (κ3) is 6.85. The SMILES string of the molecule is COc1cccc(Cc2nsc(Oc3cccc(C(=O)N4CCN(CC=Cc5ccccc5)CC4)c3)n2)c1. The Labute approximate surface area is 227 Å². The molecule has 0 atom stereocenters. The van der Waals surface area contributed by atoms with Gasteiger partial charge in [-0.2, -0.15) is 9.36 Å². The largest absolute Gasteiger partial charge is 0.497 e. The van der Waals surface area contributed by atoms with Gasteiger partial charge in [-0.1, -0.05) is 60.7 Å². The molecule has 5 rings (SSSR count). The average Bonchev–Trinajstić information content (AvgIpc) is 3.40. The Bertz CT molecular complexity index is 1380. The first-order chi connectivity index (χ1) is 18.7. The van der Waals surface area contributed by atoms with Gasteiger partial charge in [0, 0.05) is 56.2 Å². The first kappa shape index (κ1) is 25.6. The molecule has 0 saturated carbocycles. The zero-order valence-corrected chi connectivity index (χ0v) is 22.1. The van der Waals surface area contributed by atoms with E-state index in [1.165, 1.54) is 17.1 Å². The Morgan fingerprint density at radius 1 is 0.947 bits per heavy atom. The predicted molar refractivity (Wildman–Crippen MR) is 150 cm³/mol. The average molecular weight is 527 g/mol. The summed E-state index contributed by atoms with van der Waals surface area (Å²) in [6.07, 6.45) is 4.91. The predicted octanol–water partition coefficient (Wildman–Crippen LogP) is 5.40. The van der Waals surface area contributed by atoms with E-state index in [2.05, 4.69) is 38.5 Å². The van der Waals surface area contributed by atoms with Gasteiger partial charge in [-0.15, -0.1) is 0 Å². The molecule has 0 N–H and O–H groups in total. The maximum absolute atomic E-state index is 13.2. The van der Waals surface area contributed by atoms with Crippen LogP contribution in [0, 0.1) is 0 Å². The molecule has 2 heterocycles. The van der Waals surface area contributed by atoms with E-state index in [1.54, 1.807) is 13.2 Å². The molecule has 4 aromatic rings. The molecular weight excluding hydrogens is 496 g/mol. The topological polar surface area (TPSA) is 67.8 Å². The second kappa shape index (κ2) is 12.5. The van der Waals surface area contributed by atoms with Gasteiger partial charge in [-0.3, -0.25) is 9.69 Å². The molecular formula is C30H30N4O3S. The Kier molecular flexibility index (Phi) is 8.42. The summed E-state index contributed by atoms with van der Waals surface area (Å²) in [7, 11) is 1.65. The van der Waals surface area contributed by atoms with Crippen LogP contribution in [-0.4, -0.2) is 64.9 Å². The van der Waals surface area contributed by atoms with E-state index < -0.39 is 0 Å². The van der Waals surface area contributed by atoms with E-state index in [9.17, 15) is 4.79 Å². The molecule has 0 bridgehead atoms. The Morgan fingerprint density at radius 3 is 2.55 bits per heavy atom. The maximum Gasteiger partial charge on any atom is 0.298 e. The number of hydrogen-bond acceptors (Lipinski definition) is 7. The van der Waals surface area contributed by atoms with Crippen LogP contribution < -0.4 is 9.47 Å². The van der Waals surface area contributed by atoms with Crippen molar-refractivity contribution in [2.45, 2.75) is 6.42 Å². The van der Waals surface area contributed by atoms with Crippen molar-refractivity contribution in [3.8, 4) is 16.7 Å². The lowest BCUT2D eigenvalue weighted by molar-refractivity contribution is 0.0650. The maximum atomic E-state index is 13.2. The molecule has 1 saturated heterocycles. The van der Waals surface area contributed by atoms with Gasteiger partial charge in [0.15, 0.2) is 5.82 Å². The number of aromatic nitrogens is 2. The molecule has 1 fully saturated rings. The second-order valence-corrected chi connectivity index (χ2v) is 9.75. The number of benzene rings is 3. The molecule has 3 aromatic carbocycles. The summed E-state index contributed by atoms with van der Waals surface area (Å²) in [4.78, 5) is 22.0. The molecule has 0 aliphatic carbocycles. The monoisotopic (exact) mass is 526 g/mol. The van der Waals surface area contributed by atoms with Crippen molar-refractivity contribution in [3.05, 3.63) is 107 Å². The fraction of sp³-hybridized carbons (Fsp3) is 0.233. The van der Waals surface area contributed by atoms with E-state index in [1.807, 2.05) is 65.6 Å². The van der Waals surface area contributed by atoms with Crippen molar-refractivity contribution in [3.63, 3.8) is 0 Å². The highest BCUT2D eigenvalue weighted by molar-refractivity contribution is 7.07. The van der Waals surface area contributed by atoms with Gasteiger partial charge in [0.25, 0.3) is 11.1 Å². The van der Waals surface area contributed by atoms with Crippen molar-refractivity contribution in [1.82, 2.24) is 19.2 Å². The minimum absolute atomic E-state index is 0.0194. The van der Waals surface area contributed by atoms with Gasteiger partial charge in [-0.05, 0) is 41.5 Å². The highest BCUT2D eigenvalue weighted by Gasteiger charge is 2.22. The summed E-state index contributed by atoms with van der Waals surface area (Å²) in [5.41, 5.74) is 2.87. The van der Waals surface area contributed by atoms with E-state index in [0.717, 1.165) is 30.9 Å². The summed E-state index contributed by atoms with van der Waals surface area (Å²) < 4.78 is 15.7. The summed E-state index contributed by atoms with van der Waals surface area (Å²) in [6, 6.07) is 25.4. The molecule has 0 spiro atoms. The van der Waals surface area contributed by atoms with Crippen LogP contribution in [0.4, 0.5) is 0 Å². The van der Waals surface area contributed by atoms with Crippen molar-refractivity contribution < 1.29 is 14.3 Å². The molecule has 1 aliphatic rings. The summed E-state index contributed by atoms with van der Waals surface area (Å²) in [5, 5.41) is 0.449. The van der Waals surface area contributed by atoms with Gasteiger partial charge < -0.3 is 14.4 Å². The quantitative estimate of drug-likeness (QED) is 0.291. The van der Waals surface area contributed by atoms with Gasteiger partial charge in [0.1, 0.15) is 11.5 Å². The lowest BCUT2D eigenvalue weighted by Crippen LogP contribution is -2.48. The second-order valence-electron chi connectivity index (χ2n) is 9.04. The molecule has 194 valence electrons. The number of ether oxygens (including phenoxy) is 2. The van der Waals surface area contributed by atoms with Crippen molar-refractivity contribution in [1.29, 1.82) is 0 Å². The van der Waals surface area contributed by atoms with Crippen LogP contribution in [0.15, 0.2) is 84.9 Å². The van der Waals surface area contributed by atoms with Crippen LogP contribution in [0.2, 0.25) is 0 Å². The zero-order valence-electron chi connectivity index (χ0n) is 21.3. The molecule has 0 unspecified atom stereocenters. The zero-order chi connectivity index (χ0) is 26.2. The first-order valence-electron chi connectivity index (χ1n) is 12.6. The first-order valence-corrected chi connectivity index (χ1v) is 13.4. The number of carbonyl (C=O) groups is 1. The number of amides is 1. The molecule has 0 radical (unpaired) electrons. The van der Waals surface area contributed by atoms with E-state index in [4.69, 9.17) is 9.47 Å². The van der Waals surface area contributed by atoms with Gasteiger partial charge in [0.05, 0.1) is 7.11 Å². The van der Waals surface area contributed by atoms with Crippen LogP contribution in [-0.2, 0) is 6.42 Å². The Balaban J connectivity index is 1.13. The van der Waals surface area contributed by atoms with E-state index in [-0.39, 0.29) is 5.91 Å². The standard InChI is InChI=1S/C30H30N4O3S/c1-36-26-13-5-10-24(20-26)21-28-31-30(38-32-28)37-27-14-6-12-25(22-27)29(35)34-18-16-33(17-19-34)15-7-11-23-8-3-2-4-9-23/h2-14,20,22H,15-19,21H2,1H3. The fourth-order valence-corrected chi connectivity index (χ4v) is 4.90. The molecule has 1 amide bonds. The number of piperazine rings is 1. The molecule has 38 heavy (non-hydrogen) atoms. The van der Waals surface area contributed by atoms with Crippen LogP contribution in [0.3, 0.4) is 0 Å². The van der Waals surface area contributed by atoms with E-state index in [0.29, 0.717) is 41.8 Å². The highest BCUT2D eigenvalue weighted by Crippen LogP contribution is 2.26. The third-order valence-corrected chi connectivity index (χ3v) is 7.00. The van der Waals surface area contributed by atoms with Crippen LogP contribution in [0.25, 0.3) is 6.08 Å². The van der Waals surface area contributed by atoms with Crippen molar-refractivity contribution >= 4 is 23.5 Å². The highest BCUT2D eigenvalue weighted by atomic mass is 32.1. The van der Waals surface area contributed by atoms with Crippen LogP contribution in [0.1, 0.15) is 27.3 Å². The summed E-state index contributed by atoms with van der Waals surface area (Å²) >= 11 is 1.20. The third-order valence-electron chi connectivity index (χ3n) is 6.36. The van der Waals surface area contributed by atoms with Gasteiger partial charge >= 0.3 is 0 Å². The minimum Gasteiger partial charge on any atom is -0.497 e. The molecule has 1 aromatic heterocycles. The number of carbonyl (C=O) groups excluding carboxylic acids is 1. The number of nitrogens with zero attached hydrogens (tertiary/aromatic N) is 4. The number of methoxy groups -OCH3 is 1. The number of rotatable bonds is 9. The van der Waals surface area contributed by atoms with Gasteiger partial charge in [0.2, 0.25) is 0 Å². The molecule has 1 aliphatic heterocycles. The normalized spacial score (nSPS) is 14.1. The molecule has 7 nitrogen and oxygen atoms in total. The fourth-order valence-electron chi connectivity index (χ4n) is 4.33. The van der Waals surface area contributed by atoms with Crippen molar-refractivity contribution in [2.24, 2.45) is 0 Å². The van der Waals surface area contributed by atoms with Crippen molar-refractivity contribution in [2.75, 3.05) is 39.8 Å². The molecule has 8 heteroatoms. The van der Waals surface area contributed by atoms with Gasteiger partial charge in [-0.25, -0.2) is 0 Å². The summed E-state index contributed by atoms with van der Waals surface area (Å²) in [6.45, 7) is 3.98. The van der Waals surface area contributed by atoms with E-state index >= 15 is 0 Å². The van der Waals surface area contributed by atoms with Crippen LogP contribution >= 0.6 is 11.5 Å².